The summed E-state index contributed by atoms with van der Waals surface area (Å²) in [6.45, 7) is 10.8. The quantitative estimate of drug-likeness (QED) is 0.825. The molecule has 0 aliphatic carbocycles. The van der Waals surface area contributed by atoms with Crippen molar-refractivity contribution in [3.8, 4) is 0 Å². The van der Waals surface area contributed by atoms with Crippen LogP contribution in [0.5, 0.6) is 0 Å². The smallest absolute Gasteiger partial charge is 0.0231 e. The van der Waals surface area contributed by atoms with Crippen molar-refractivity contribution in [2.45, 2.75) is 43.9 Å². The third-order valence-electron chi connectivity index (χ3n) is 2.01. The molecule has 0 aliphatic heterocycles. The Balaban J connectivity index is 2.74. The van der Waals surface area contributed by atoms with Crippen LogP contribution < -0.4 is 5.32 Å². The molecule has 0 bridgehead atoms. The van der Waals surface area contributed by atoms with Crippen molar-refractivity contribution in [2.75, 3.05) is 6.54 Å². The lowest BCUT2D eigenvalue weighted by Crippen LogP contribution is -2.12. The highest BCUT2D eigenvalue weighted by molar-refractivity contribution is 9.10. The maximum absolute atomic E-state index is 3.63. The molecule has 1 aromatic carbocycles. The lowest BCUT2D eigenvalue weighted by molar-refractivity contribution is 0.724. The van der Waals surface area contributed by atoms with Crippen LogP contribution in [0, 0.1) is 0 Å². The van der Waals surface area contributed by atoms with Gasteiger partial charge >= 0.3 is 0 Å². The van der Waals surface area contributed by atoms with Gasteiger partial charge in [0.15, 0.2) is 0 Å². The molecule has 90 valence electrons. The van der Waals surface area contributed by atoms with Crippen molar-refractivity contribution < 1.29 is 0 Å². The molecule has 1 N–H and O–H groups in total. The number of halogens is 1. The molecule has 1 aromatic rings. The van der Waals surface area contributed by atoms with Crippen LogP contribution in [0.4, 0.5) is 0 Å². The molecule has 0 saturated carbocycles. The number of hydrogen-bond donors (Lipinski definition) is 1. The van der Waals surface area contributed by atoms with E-state index < -0.39 is 0 Å². The normalized spacial score (nSPS) is 11.8. The zero-order chi connectivity index (χ0) is 12.2. The zero-order valence-electron chi connectivity index (χ0n) is 10.4. The fourth-order valence-corrected chi connectivity index (χ4v) is 3.04. The first-order chi connectivity index (χ1) is 7.42. The summed E-state index contributed by atoms with van der Waals surface area (Å²) >= 11 is 5.53. The second-order valence-electron chi connectivity index (χ2n) is 4.75. The van der Waals surface area contributed by atoms with Gasteiger partial charge in [0.2, 0.25) is 0 Å². The highest BCUT2D eigenvalue weighted by atomic mass is 79.9. The highest BCUT2D eigenvalue weighted by Gasteiger charge is 2.12. The lowest BCUT2D eigenvalue weighted by atomic mass is 10.2. The van der Waals surface area contributed by atoms with E-state index in [1.165, 1.54) is 14.9 Å². The van der Waals surface area contributed by atoms with E-state index in [1.807, 2.05) is 11.8 Å². The fraction of sp³-hybridized carbons (Fsp3) is 0.538. The van der Waals surface area contributed by atoms with Crippen LogP contribution in [0.1, 0.15) is 33.3 Å². The summed E-state index contributed by atoms with van der Waals surface area (Å²) in [5, 5.41) is 3.34. The van der Waals surface area contributed by atoms with Gasteiger partial charge in [-0.1, -0.05) is 49.7 Å². The van der Waals surface area contributed by atoms with Gasteiger partial charge in [-0.15, -0.1) is 11.8 Å². The first-order valence-corrected chi connectivity index (χ1v) is 7.21. The van der Waals surface area contributed by atoms with Crippen LogP contribution in [0.3, 0.4) is 0 Å². The van der Waals surface area contributed by atoms with E-state index >= 15 is 0 Å². The zero-order valence-corrected chi connectivity index (χ0v) is 12.8. The molecule has 0 aromatic heterocycles. The van der Waals surface area contributed by atoms with E-state index in [2.05, 4.69) is 67.1 Å². The minimum atomic E-state index is 0.266. The van der Waals surface area contributed by atoms with Crippen LogP contribution >= 0.6 is 27.7 Å². The molecule has 0 aliphatic rings. The largest absolute Gasteiger partial charge is 0.313 e. The summed E-state index contributed by atoms with van der Waals surface area (Å²) in [6.07, 6.45) is 0. The van der Waals surface area contributed by atoms with Crippen molar-refractivity contribution in [3.05, 3.63) is 28.2 Å². The van der Waals surface area contributed by atoms with Gasteiger partial charge in [0, 0.05) is 20.7 Å². The third kappa shape index (κ3) is 4.89. The van der Waals surface area contributed by atoms with Gasteiger partial charge in [0.25, 0.3) is 0 Å². The summed E-state index contributed by atoms with van der Waals surface area (Å²) < 4.78 is 1.46. The summed E-state index contributed by atoms with van der Waals surface area (Å²) in [7, 11) is 0. The lowest BCUT2D eigenvalue weighted by Gasteiger charge is -2.18. The minimum Gasteiger partial charge on any atom is -0.313 e. The predicted molar refractivity (Wildman–Crippen MR) is 77.1 cm³/mol. The molecule has 0 spiro atoms. The van der Waals surface area contributed by atoms with Gasteiger partial charge in [0.05, 0.1) is 0 Å². The molecule has 0 atom stereocenters. The maximum atomic E-state index is 3.63. The van der Waals surface area contributed by atoms with E-state index in [0.29, 0.717) is 0 Å². The molecule has 1 rings (SSSR count). The molecule has 0 heterocycles. The Labute approximate surface area is 112 Å². The summed E-state index contributed by atoms with van der Waals surface area (Å²) in [5.41, 5.74) is 1.32. The predicted octanol–water partition coefficient (Wildman–Crippen LogP) is 4.45. The molecule has 0 radical (unpaired) electrons. The Kier molecular flexibility index (Phi) is 5.35. The topological polar surface area (TPSA) is 12.0 Å². The summed E-state index contributed by atoms with van der Waals surface area (Å²) in [4.78, 5) is 1.32. The SMILES string of the molecule is CCNCc1ccc(SC(C)(C)C)cc1Br. The van der Waals surface area contributed by atoms with Gasteiger partial charge in [-0.25, -0.2) is 0 Å². The third-order valence-corrected chi connectivity index (χ3v) is 3.85. The van der Waals surface area contributed by atoms with Gasteiger partial charge in [-0.05, 0) is 24.2 Å². The molecule has 0 fully saturated rings. The summed E-state index contributed by atoms with van der Waals surface area (Å²) in [5.74, 6) is 0. The van der Waals surface area contributed by atoms with E-state index in [0.717, 1.165) is 13.1 Å². The number of hydrogen-bond acceptors (Lipinski definition) is 2. The molecule has 0 amide bonds. The first-order valence-electron chi connectivity index (χ1n) is 5.60. The van der Waals surface area contributed by atoms with Crippen molar-refractivity contribution >= 4 is 27.7 Å². The van der Waals surface area contributed by atoms with Gasteiger partial charge in [0.1, 0.15) is 0 Å². The van der Waals surface area contributed by atoms with Crippen LogP contribution in [0.2, 0.25) is 0 Å². The van der Waals surface area contributed by atoms with E-state index in [-0.39, 0.29) is 4.75 Å². The molecule has 3 heteroatoms. The van der Waals surface area contributed by atoms with Gasteiger partial charge < -0.3 is 5.32 Å². The van der Waals surface area contributed by atoms with Crippen LogP contribution in [0.25, 0.3) is 0 Å². The van der Waals surface area contributed by atoms with Crippen molar-refractivity contribution in [3.63, 3.8) is 0 Å². The van der Waals surface area contributed by atoms with Crippen molar-refractivity contribution in [1.29, 1.82) is 0 Å². The Hall–Kier alpha value is 0.01000. The van der Waals surface area contributed by atoms with Crippen LogP contribution in [0.15, 0.2) is 27.6 Å². The molecule has 0 saturated heterocycles. The van der Waals surface area contributed by atoms with Crippen molar-refractivity contribution in [2.24, 2.45) is 0 Å². The average Bonchev–Trinajstić information content (AvgIpc) is 2.14. The van der Waals surface area contributed by atoms with E-state index in [1.54, 1.807) is 0 Å². The van der Waals surface area contributed by atoms with Crippen LogP contribution in [-0.2, 0) is 6.54 Å². The molecule has 16 heavy (non-hydrogen) atoms. The monoisotopic (exact) mass is 301 g/mol. The fourth-order valence-electron chi connectivity index (χ4n) is 1.35. The molecular formula is C13H20BrNS. The second-order valence-corrected chi connectivity index (χ2v) is 7.50. The summed E-state index contributed by atoms with van der Waals surface area (Å²) in [6, 6.07) is 6.61. The van der Waals surface area contributed by atoms with E-state index in [4.69, 9.17) is 0 Å². The van der Waals surface area contributed by atoms with E-state index in [9.17, 15) is 0 Å². The average molecular weight is 302 g/mol. The van der Waals surface area contributed by atoms with Gasteiger partial charge in [-0.3, -0.25) is 0 Å². The first kappa shape index (κ1) is 14.1. The second kappa shape index (κ2) is 6.08. The highest BCUT2D eigenvalue weighted by Crippen LogP contribution is 2.34. The maximum Gasteiger partial charge on any atom is 0.0231 e. The number of rotatable bonds is 4. The number of benzene rings is 1. The standard InChI is InChI=1S/C13H20BrNS/c1-5-15-9-10-6-7-11(8-12(10)14)16-13(2,3)4/h6-8,15H,5,9H2,1-4H3. The van der Waals surface area contributed by atoms with Crippen molar-refractivity contribution in [1.82, 2.24) is 5.32 Å². The Morgan fingerprint density at radius 3 is 2.50 bits per heavy atom. The molecule has 1 nitrogen and oxygen atoms in total. The van der Waals surface area contributed by atoms with Gasteiger partial charge in [-0.2, -0.15) is 0 Å². The van der Waals surface area contributed by atoms with Crippen LogP contribution in [-0.4, -0.2) is 11.3 Å². The Morgan fingerprint density at radius 1 is 1.31 bits per heavy atom. The Bertz CT molecular complexity index is 344. The minimum absolute atomic E-state index is 0.266. The molecule has 0 unspecified atom stereocenters. The Morgan fingerprint density at radius 2 is 2.00 bits per heavy atom. The number of thioether (sulfide) groups is 1. The number of nitrogens with one attached hydrogen (secondary N) is 1. The molecular weight excluding hydrogens is 282 g/mol.